The highest BCUT2D eigenvalue weighted by molar-refractivity contribution is 5.98. The predicted molar refractivity (Wildman–Crippen MR) is 71.4 cm³/mol. The molecule has 1 N–H and O–H groups in total. The van der Waals surface area contributed by atoms with Gasteiger partial charge in [0.15, 0.2) is 0 Å². The fraction of sp³-hybridized carbons (Fsp3) is 0.500. The second-order valence-electron chi connectivity index (χ2n) is 4.62. The first-order chi connectivity index (χ1) is 8.22. The first-order valence-corrected chi connectivity index (χ1v) is 6.38. The first-order valence-electron chi connectivity index (χ1n) is 6.38. The second kappa shape index (κ2) is 5.21. The average Bonchev–Trinajstić information content (AvgIpc) is 2.76. The summed E-state index contributed by atoms with van der Waals surface area (Å²) < 4.78 is 0. The summed E-state index contributed by atoms with van der Waals surface area (Å²) in [4.78, 5) is 13.7. The highest BCUT2D eigenvalue weighted by Crippen LogP contribution is 2.29. The molecule has 3 nitrogen and oxygen atoms in total. The van der Waals surface area contributed by atoms with Crippen molar-refractivity contribution < 1.29 is 4.79 Å². The number of carbonyl (C=O) groups is 1. The summed E-state index contributed by atoms with van der Waals surface area (Å²) in [6, 6.07) is 8.49. The van der Waals surface area contributed by atoms with Crippen LogP contribution in [-0.4, -0.2) is 18.5 Å². The van der Waals surface area contributed by atoms with Gasteiger partial charge in [0.25, 0.3) is 0 Å². The van der Waals surface area contributed by atoms with Gasteiger partial charge in [0, 0.05) is 19.0 Å². The van der Waals surface area contributed by atoms with Crippen LogP contribution in [-0.2, 0) is 4.79 Å². The van der Waals surface area contributed by atoms with E-state index < -0.39 is 0 Å². The molecule has 0 saturated carbocycles. The molecular formula is C14H20N2O. The SMILES string of the molecule is CCC(C)Nc1ccccc1N1CCCC1=O. The Hall–Kier alpha value is -1.51. The number of nitrogens with one attached hydrogen (secondary N) is 1. The number of anilines is 2. The lowest BCUT2D eigenvalue weighted by molar-refractivity contribution is -0.117. The zero-order valence-corrected chi connectivity index (χ0v) is 10.6. The lowest BCUT2D eigenvalue weighted by Gasteiger charge is -2.22. The van der Waals surface area contributed by atoms with E-state index >= 15 is 0 Å². The second-order valence-corrected chi connectivity index (χ2v) is 4.62. The van der Waals surface area contributed by atoms with Crippen molar-refractivity contribution in [3.63, 3.8) is 0 Å². The quantitative estimate of drug-likeness (QED) is 0.865. The van der Waals surface area contributed by atoms with Gasteiger partial charge in [0.1, 0.15) is 0 Å². The van der Waals surface area contributed by atoms with Gasteiger partial charge in [-0.25, -0.2) is 0 Å². The zero-order chi connectivity index (χ0) is 12.3. The molecule has 1 unspecified atom stereocenters. The van der Waals surface area contributed by atoms with Crippen LogP contribution in [0.15, 0.2) is 24.3 Å². The van der Waals surface area contributed by atoms with Gasteiger partial charge in [-0.3, -0.25) is 4.79 Å². The topological polar surface area (TPSA) is 32.3 Å². The summed E-state index contributed by atoms with van der Waals surface area (Å²) in [6.45, 7) is 5.15. The number of carbonyl (C=O) groups excluding carboxylic acids is 1. The first kappa shape index (κ1) is 12.0. The summed E-state index contributed by atoms with van der Waals surface area (Å²) in [7, 11) is 0. The van der Waals surface area contributed by atoms with E-state index in [2.05, 4.69) is 19.2 Å². The van der Waals surface area contributed by atoms with Crippen LogP contribution in [0, 0.1) is 0 Å². The van der Waals surface area contributed by atoms with Crippen molar-refractivity contribution in [2.75, 3.05) is 16.8 Å². The molecule has 0 aromatic heterocycles. The van der Waals surface area contributed by atoms with Gasteiger partial charge >= 0.3 is 0 Å². The van der Waals surface area contributed by atoms with Crippen LogP contribution in [0.2, 0.25) is 0 Å². The summed E-state index contributed by atoms with van der Waals surface area (Å²) in [6.07, 6.45) is 2.72. The number of nitrogens with zero attached hydrogens (tertiary/aromatic N) is 1. The highest BCUT2D eigenvalue weighted by atomic mass is 16.2. The molecule has 1 heterocycles. The van der Waals surface area contributed by atoms with Gasteiger partial charge in [-0.1, -0.05) is 19.1 Å². The van der Waals surface area contributed by atoms with Crippen LogP contribution in [0.25, 0.3) is 0 Å². The Morgan fingerprint density at radius 2 is 2.18 bits per heavy atom. The summed E-state index contributed by atoms with van der Waals surface area (Å²) in [5, 5.41) is 3.46. The van der Waals surface area contributed by atoms with Crippen molar-refractivity contribution in [3.8, 4) is 0 Å². The van der Waals surface area contributed by atoms with Crippen LogP contribution in [0.4, 0.5) is 11.4 Å². The van der Waals surface area contributed by atoms with Crippen LogP contribution in [0.1, 0.15) is 33.1 Å². The zero-order valence-electron chi connectivity index (χ0n) is 10.6. The maximum Gasteiger partial charge on any atom is 0.227 e. The minimum atomic E-state index is 0.239. The van der Waals surface area contributed by atoms with E-state index in [1.165, 1.54) is 0 Å². The third kappa shape index (κ3) is 2.60. The molecule has 0 aliphatic carbocycles. The van der Waals surface area contributed by atoms with Crippen LogP contribution >= 0.6 is 0 Å². The lowest BCUT2D eigenvalue weighted by atomic mass is 10.2. The molecule has 1 aliphatic heterocycles. The van der Waals surface area contributed by atoms with Gasteiger partial charge in [-0.05, 0) is 31.9 Å². The molecule has 2 rings (SSSR count). The highest BCUT2D eigenvalue weighted by Gasteiger charge is 2.23. The smallest absolute Gasteiger partial charge is 0.227 e. The molecule has 1 fully saturated rings. The molecule has 1 aromatic carbocycles. The summed E-state index contributed by atoms with van der Waals surface area (Å²) in [5.74, 6) is 0.239. The van der Waals surface area contributed by atoms with Crippen molar-refractivity contribution in [2.24, 2.45) is 0 Å². The molecule has 0 bridgehead atoms. The molecule has 1 aliphatic rings. The van der Waals surface area contributed by atoms with Crippen molar-refractivity contribution >= 4 is 17.3 Å². The standard InChI is InChI=1S/C14H20N2O/c1-3-11(2)15-12-7-4-5-8-13(12)16-10-6-9-14(16)17/h4-5,7-8,11,15H,3,6,9-10H2,1-2H3. The Balaban J connectivity index is 2.24. The number of para-hydroxylation sites is 2. The number of hydrogen-bond donors (Lipinski definition) is 1. The van der Waals surface area contributed by atoms with Crippen molar-refractivity contribution in [1.29, 1.82) is 0 Å². The van der Waals surface area contributed by atoms with E-state index in [-0.39, 0.29) is 5.91 Å². The Kier molecular flexibility index (Phi) is 3.67. The Bertz CT molecular complexity index is 403. The monoisotopic (exact) mass is 232 g/mol. The van der Waals surface area contributed by atoms with E-state index in [0.29, 0.717) is 12.5 Å². The minimum Gasteiger partial charge on any atom is -0.381 e. The molecule has 1 saturated heterocycles. The molecular weight excluding hydrogens is 212 g/mol. The van der Waals surface area contributed by atoms with E-state index in [1.54, 1.807) is 0 Å². The maximum absolute atomic E-state index is 11.8. The van der Waals surface area contributed by atoms with Crippen LogP contribution < -0.4 is 10.2 Å². The van der Waals surface area contributed by atoms with E-state index in [9.17, 15) is 4.79 Å². The molecule has 0 spiro atoms. The van der Waals surface area contributed by atoms with Crippen molar-refractivity contribution in [3.05, 3.63) is 24.3 Å². The van der Waals surface area contributed by atoms with Gasteiger partial charge in [0.2, 0.25) is 5.91 Å². The van der Waals surface area contributed by atoms with E-state index in [1.807, 2.05) is 29.2 Å². The molecule has 17 heavy (non-hydrogen) atoms. The third-order valence-corrected chi connectivity index (χ3v) is 3.28. The van der Waals surface area contributed by atoms with Crippen LogP contribution in [0.3, 0.4) is 0 Å². The number of hydrogen-bond acceptors (Lipinski definition) is 2. The normalized spacial score (nSPS) is 17.3. The van der Waals surface area contributed by atoms with Crippen molar-refractivity contribution in [2.45, 2.75) is 39.2 Å². The lowest BCUT2D eigenvalue weighted by Crippen LogP contribution is -2.25. The van der Waals surface area contributed by atoms with E-state index in [4.69, 9.17) is 0 Å². The molecule has 3 heteroatoms. The maximum atomic E-state index is 11.8. The van der Waals surface area contributed by atoms with Crippen molar-refractivity contribution in [1.82, 2.24) is 0 Å². The number of amides is 1. The molecule has 1 amide bonds. The largest absolute Gasteiger partial charge is 0.381 e. The third-order valence-electron chi connectivity index (χ3n) is 3.28. The Labute approximate surface area is 103 Å². The fourth-order valence-electron chi connectivity index (χ4n) is 2.10. The predicted octanol–water partition coefficient (Wildman–Crippen LogP) is 3.02. The summed E-state index contributed by atoms with van der Waals surface area (Å²) in [5.41, 5.74) is 2.09. The minimum absolute atomic E-state index is 0.239. The molecule has 92 valence electrons. The van der Waals surface area contributed by atoms with Gasteiger partial charge in [-0.15, -0.1) is 0 Å². The molecule has 1 atom stereocenters. The number of benzene rings is 1. The Morgan fingerprint density at radius 3 is 2.82 bits per heavy atom. The van der Waals surface area contributed by atoms with Gasteiger partial charge in [0.05, 0.1) is 11.4 Å². The average molecular weight is 232 g/mol. The Morgan fingerprint density at radius 1 is 1.41 bits per heavy atom. The number of rotatable bonds is 4. The fourth-order valence-corrected chi connectivity index (χ4v) is 2.10. The van der Waals surface area contributed by atoms with Gasteiger partial charge < -0.3 is 10.2 Å². The molecule has 1 aromatic rings. The van der Waals surface area contributed by atoms with E-state index in [0.717, 1.165) is 30.8 Å². The van der Waals surface area contributed by atoms with Crippen LogP contribution in [0.5, 0.6) is 0 Å². The van der Waals surface area contributed by atoms with Gasteiger partial charge in [-0.2, -0.15) is 0 Å². The molecule has 0 radical (unpaired) electrons. The summed E-state index contributed by atoms with van der Waals surface area (Å²) >= 11 is 0.